The molecule has 1 heterocycles. The van der Waals surface area contributed by atoms with Crippen LogP contribution in [-0.4, -0.2) is 16.1 Å². The third kappa shape index (κ3) is 3.22. The van der Waals surface area contributed by atoms with Gasteiger partial charge in [0, 0.05) is 12.3 Å². The second kappa shape index (κ2) is 4.67. The topological polar surface area (TPSA) is 27.1 Å². The first-order valence-electron chi connectivity index (χ1n) is 4.87. The Morgan fingerprint density at radius 1 is 1.33 bits per heavy atom. The van der Waals surface area contributed by atoms with E-state index in [0.29, 0.717) is 5.56 Å². The third-order valence-corrected chi connectivity index (χ3v) is 2.07. The fraction of sp³-hybridized carbons (Fsp3) is 0.182. The number of alkyl halides is 3. The highest BCUT2D eigenvalue weighted by atomic mass is 19.4. The molecule has 7 heteroatoms. The van der Waals surface area contributed by atoms with E-state index in [4.69, 9.17) is 0 Å². The van der Waals surface area contributed by atoms with Crippen LogP contribution in [0.15, 0.2) is 30.6 Å². The summed E-state index contributed by atoms with van der Waals surface area (Å²) >= 11 is 0. The maximum absolute atomic E-state index is 13.3. The summed E-state index contributed by atoms with van der Waals surface area (Å²) in [6.07, 6.45) is -1.94. The normalized spacial score (nSPS) is 11.6. The van der Waals surface area contributed by atoms with Gasteiger partial charge in [0.2, 0.25) is 0 Å². The SMILES string of the molecule is Fc1cc(Cn2c[c]cn2)ccc1OC(F)(F)F. The van der Waals surface area contributed by atoms with Crippen LogP contribution in [0, 0.1) is 11.9 Å². The first kappa shape index (κ1) is 12.4. The van der Waals surface area contributed by atoms with Crippen molar-refractivity contribution in [3.63, 3.8) is 0 Å². The Morgan fingerprint density at radius 3 is 2.67 bits per heavy atom. The minimum absolute atomic E-state index is 0.243. The lowest BCUT2D eigenvalue weighted by Crippen LogP contribution is -2.18. The van der Waals surface area contributed by atoms with Crippen LogP contribution in [0.25, 0.3) is 0 Å². The second-order valence-corrected chi connectivity index (χ2v) is 3.45. The number of benzene rings is 1. The van der Waals surface area contributed by atoms with Crippen LogP contribution in [0.3, 0.4) is 0 Å². The number of nitrogens with zero attached hydrogens (tertiary/aromatic N) is 2. The van der Waals surface area contributed by atoms with E-state index in [9.17, 15) is 17.6 Å². The van der Waals surface area contributed by atoms with Crippen molar-refractivity contribution < 1.29 is 22.3 Å². The van der Waals surface area contributed by atoms with E-state index in [1.54, 1.807) is 0 Å². The maximum Gasteiger partial charge on any atom is 0.573 e. The highest BCUT2D eigenvalue weighted by molar-refractivity contribution is 5.29. The standard InChI is InChI=1S/C11H7F4N2O/c12-9-6-8(7-17-5-1-4-16-17)2-3-10(9)18-11(13,14)15/h2-6H,7H2. The van der Waals surface area contributed by atoms with Crippen molar-refractivity contribution in [2.24, 2.45) is 0 Å². The Bertz CT molecular complexity index is 522. The van der Waals surface area contributed by atoms with E-state index >= 15 is 0 Å². The van der Waals surface area contributed by atoms with Crippen molar-refractivity contribution >= 4 is 0 Å². The zero-order valence-corrected chi connectivity index (χ0v) is 8.91. The fourth-order valence-corrected chi connectivity index (χ4v) is 1.38. The quantitative estimate of drug-likeness (QED) is 0.792. The van der Waals surface area contributed by atoms with E-state index in [1.807, 2.05) is 0 Å². The minimum Gasteiger partial charge on any atom is -0.403 e. The van der Waals surface area contributed by atoms with Crippen LogP contribution in [-0.2, 0) is 6.54 Å². The Kier molecular flexibility index (Phi) is 3.22. The molecular weight excluding hydrogens is 252 g/mol. The van der Waals surface area contributed by atoms with Gasteiger partial charge in [0.15, 0.2) is 11.6 Å². The molecule has 2 aromatic rings. The average molecular weight is 259 g/mol. The molecule has 0 aliphatic rings. The first-order valence-corrected chi connectivity index (χ1v) is 4.87. The average Bonchev–Trinajstić information content (AvgIpc) is 2.73. The van der Waals surface area contributed by atoms with Crippen molar-refractivity contribution in [1.82, 2.24) is 9.78 Å². The number of hydrogen-bond acceptors (Lipinski definition) is 2. The van der Waals surface area contributed by atoms with E-state index in [0.717, 1.165) is 12.1 Å². The molecule has 0 bridgehead atoms. The lowest BCUT2D eigenvalue weighted by molar-refractivity contribution is -0.275. The number of halogens is 4. The second-order valence-electron chi connectivity index (χ2n) is 3.45. The smallest absolute Gasteiger partial charge is 0.403 e. The summed E-state index contributed by atoms with van der Waals surface area (Å²) in [5.41, 5.74) is 0.471. The molecule has 0 fully saturated rings. The maximum atomic E-state index is 13.3. The third-order valence-electron chi connectivity index (χ3n) is 2.07. The van der Waals surface area contributed by atoms with Crippen molar-refractivity contribution in [3.05, 3.63) is 48.0 Å². The molecule has 3 nitrogen and oxygen atoms in total. The molecule has 95 valence electrons. The van der Waals surface area contributed by atoms with Gasteiger partial charge in [-0.3, -0.25) is 4.68 Å². The Hall–Kier alpha value is -2.05. The predicted octanol–water partition coefficient (Wildman–Crippen LogP) is 2.77. The highest BCUT2D eigenvalue weighted by Crippen LogP contribution is 2.26. The fourth-order valence-electron chi connectivity index (χ4n) is 1.38. The summed E-state index contributed by atoms with van der Waals surface area (Å²) in [6.45, 7) is 0.243. The van der Waals surface area contributed by atoms with Gasteiger partial charge in [-0.15, -0.1) is 13.2 Å². The number of ether oxygens (including phenoxy) is 1. The molecule has 0 amide bonds. The molecule has 0 saturated carbocycles. The molecule has 0 aliphatic carbocycles. The van der Waals surface area contributed by atoms with Gasteiger partial charge in [-0.05, 0) is 17.7 Å². The lowest BCUT2D eigenvalue weighted by Gasteiger charge is -2.10. The van der Waals surface area contributed by atoms with Gasteiger partial charge in [-0.25, -0.2) is 4.39 Å². The number of rotatable bonds is 3. The summed E-state index contributed by atoms with van der Waals surface area (Å²) in [7, 11) is 0. The van der Waals surface area contributed by atoms with Crippen LogP contribution in [0.1, 0.15) is 5.56 Å². The van der Waals surface area contributed by atoms with E-state index in [1.165, 1.54) is 23.1 Å². The Balaban J connectivity index is 2.14. The summed E-state index contributed by atoms with van der Waals surface area (Å²) in [4.78, 5) is 0. The molecule has 0 saturated heterocycles. The predicted molar refractivity (Wildman–Crippen MR) is 53.2 cm³/mol. The van der Waals surface area contributed by atoms with Crippen molar-refractivity contribution in [2.45, 2.75) is 12.9 Å². The van der Waals surface area contributed by atoms with Gasteiger partial charge in [0.1, 0.15) is 0 Å². The number of hydrogen-bond donors (Lipinski definition) is 0. The summed E-state index contributed by atoms with van der Waals surface area (Å²) < 4.78 is 54.1. The molecular formula is C11H7F4N2O. The van der Waals surface area contributed by atoms with Gasteiger partial charge in [-0.2, -0.15) is 5.10 Å². The van der Waals surface area contributed by atoms with E-state index < -0.39 is 17.9 Å². The zero-order chi connectivity index (χ0) is 13.2. The molecule has 1 aromatic carbocycles. The van der Waals surface area contributed by atoms with E-state index in [-0.39, 0.29) is 6.54 Å². The monoisotopic (exact) mass is 259 g/mol. The summed E-state index contributed by atoms with van der Waals surface area (Å²) in [5.74, 6) is -1.92. The van der Waals surface area contributed by atoms with Gasteiger partial charge in [-0.1, -0.05) is 6.07 Å². The lowest BCUT2D eigenvalue weighted by atomic mass is 10.2. The molecule has 2 rings (SSSR count). The van der Waals surface area contributed by atoms with Gasteiger partial charge in [0.25, 0.3) is 0 Å². The van der Waals surface area contributed by atoms with E-state index in [2.05, 4.69) is 15.9 Å². The molecule has 1 radical (unpaired) electrons. The molecule has 0 spiro atoms. The molecule has 0 atom stereocenters. The highest BCUT2D eigenvalue weighted by Gasteiger charge is 2.32. The first-order chi connectivity index (χ1) is 8.44. The summed E-state index contributed by atoms with van der Waals surface area (Å²) in [6, 6.07) is 5.94. The molecule has 0 aliphatic heterocycles. The molecule has 1 aromatic heterocycles. The minimum atomic E-state index is -4.90. The largest absolute Gasteiger partial charge is 0.573 e. The van der Waals surface area contributed by atoms with Crippen molar-refractivity contribution in [2.75, 3.05) is 0 Å². The van der Waals surface area contributed by atoms with Gasteiger partial charge in [0.05, 0.1) is 12.7 Å². The van der Waals surface area contributed by atoms with Crippen molar-refractivity contribution in [3.8, 4) is 5.75 Å². The zero-order valence-electron chi connectivity index (χ0n) is 8.91. The van der Waals surface area contributed by atoms with Crippen LogP contribution < -0.4 is 4.74 Å². The molecule has 0 unspecified atom stereocenters. The van der Waals surface area contributed by atoms with Gasteiger partial charge >= 0.3 is 6.36 Å². The summed E-state index contributed by atoms with van der Waals surface area (Å²) in [5, 5.41) is 3.85. The molecule has 18 heavy (non-hydrogen) atoms. The van der Waals surface area contributed by atoms with Crippen LogP contribution in [0.4, 0.5) is 17.6 Å². The van der Waals surface area contributed by atoms with Crippen LogP contribution >= 0.6 is 0 Å². The van der Waals surface area contributed by atoms with Crippen LogP contribution in [0.2, 0.25) is 0 Å². The van der Waals surface area contributed by atoms with Gasteiger partial charge < -0.3 is 4.74 Å². The molecule has 0 N–H and O–H groups in total. The van der Waals surface area contributed by atoms with Crippen molar-refractivity contribution in [1.29, 1.82) is 0 Å². The van der Waals surface area contributed by atoms with Crippen LogP contribution in [0.5, 0.6) is 5.75 Å². The Labute approximate surface area is 99.6 Å². The Morgan fingerprint density at radius 2 is 2.11 bits per heavy atom. The number of aromatic nitrogens is 2.